The van der Waals surface area contributed by atoms with Crippen molar-refractivity contribution in [2.24, 2.45) is 0 Å². The second-order valence-corrected chi connectivity index (χ2v) is 6.13. The molecule has 0 spiro atoms. The molecule has 0 heterocycles. The first-order valence-corrected chi connectivity index (χ1v) is 9.48. The van der Waals surface area contributed by atoms with E-state index in [1.807, 2.05) is 45.0 Å². The van der Waals surface area contributed by atoms with Crippen molar-refractivity contribution in [3.05, 3.63) is 59.7 Å². The van der Waals surface area contributed by atoms with Crippen molar-refractivity contribution in [2.45, 2.75) is 66.7 Å². The molecule has 0 aliphatic carbocycles. The molecule has 0 fully saturated rings. The van der Waals surface area contributed by atoms with Crippen LogP contribution < -0.4 is 4.74 Å². The van der Waals surface area contributed by atoms with Gasteiger partial charge in [0.15, 0.2) is 0 Å². The van der Waals surface area contributed by atoms with Crippen LogP contribution in [0.3, 0.4) is 0 Å². The first-order chi connectivity index (χ1) is 12.0. The lowest BCUT2D eigenvalue weighted by molar-refractivity contribution is 0.340. The van der Waals surface area contributed by atoms with Gasteiger partial charge in [-0.3, -0.25) is 0 Å². The van der Waals surface area contributed by atoms with Gasteiger partial charge in [-0.2, -0.15) is 0 Å². The summed E-state index contributed by atoms with van der Waals surface area (Å²) in [4.78, 5) is 0. The zero-order valence-corrected chi connectivity index (χ0v) is 17.1. The van der Waals surface area contributed by atoms with Gasteiger partial charge >= 0.3 is 0 Å². The third kappa shape index (κ3) is 7.64. The fraction of sp³-hybridized carbons (Fsp3) is 0.478. The normalized spacial score (nSPS) is 10.0. The van der Waals surface area contributed by atoms with Crippen LogP contribution in [-0.4, -0.2) is 11.7 Å². The maximum atomic E-state index is 9.37. The summed E-state index contributed by atoms with van der Waals surface area (Å²) in [5.41, 5.74) is 2.30. The van der Waals surface area contributed by atoms with Gasteiger partial charge in [0.05, 0.1) is 6.61 Å². The predicted octanol–water partition coefficient (Wildman–Crippen LogP) is 6.95. The molecule has 2 nitrogen and oxygen atoms in total. The highest BCUT2D eigenvalue weighted by Crippen LogP contribution is 2.33. The molecule has 0 amide bonds. The molecule has 1 N–H and O–H groups in total. The first kappa shape index (κ1) is 23.0. The molecule has 2 aromatic carbocycles. The van der Waals surface area contributed by atoms with E-state index in [9.17, 15) is 5.11 Å². The van der Waals surface area contributed by atoms with Crippen molar-refractivity contribution in [2.75, 3.05) is 6.61 Å². The Bertz CT molecular complexity index is 552. The number of phenolic OH excluding ortho intramolecular Hbond substituents is 1. The smallest absolute Gasteiger partial charge is 0.119 e. The third-order valence-corrected chi connectivity index (χ3v) is 3.98. The molecule has 0 saturated heterocycles. The minimum atomic E-state index is -0.0988. The van der Waals surface area contributed by atoms with Gasteiger partial charge < -0.3 is 9.84 Å². The topological polar surface area (TPSA) is 29.5 Å². The SMILES string of the molecule is CC.CCCC.CCOc1ccc(C(C)(C)c2ccc(O)cc2)cc1. The molecule has 0 aliphatic rings. The Kier molecular flexibility index (Phi) is 11.4. The van der Waals surface area contributed by atoms with Gasteiger partial charge in [-0.1, -0.05) is 78.6 Å². The number of hydrogen-bond donors (Lipinski definition) is 1. The quantitative estimate of drug-likeness (QED) is 0.636. The Balaban J connectivity index is 0.000000845. The van der Waals surface area contributed by atoms with Crippen LogP contribution in [-0.2, 0) is 5.41 Å². The Morgan fingerprint density at radius 2 is 1.16 bits per heavy atom. The van der Waals surface area contributed by atoms with Crippen LogP contribution in [0.25, 0.3) is 0 Å². The minimum absolute atomic E-state index is 0.0988. The summed E-state index contributed by atoms with van der Waals surface area (Å²) in [5.74, 6) is 1.19. The summed E-state index contributed by atoms with van der Waals surface area (Å²) in [6, 6.07) is 15.6. The molecular formula is C23H36O2. The summed E-state index contributed by atoms with van der Waals surface area (Å²) in [7, 11) is 0. The number of aromatic hydroxyl groups is 1. The van der Waals surface area contributed by atoms with Crippen molar-refractivity contribution < 1.29 is 9.84 Å². The Labute approximate surface area is 154 Å². The molecule has 0 radical (unpaired) electrons. The van der Waals surface area contributed by atoms with Crippen LogP contribution in [0.4, 0.5) is 0 Å². The zero-order valence-electron chi connectivity index (χ0n) is 17.1. The lowest BCUT2D eigenvalue weighted by atomic mass is 9.78. The summed E-state index contributed by atoms with van der Waals surface area (Å²) < 4.78 is 5.46. The molecule has 0 saturated carbocycles. The van der Waals surface area contributed by atoms with Crippen molar-refractivity contribution in [3.8, 4) is 11.5 Å². The predicted molar refractivity (Wildman–Crippen MR) is 110 cm³/mol. The largest absolute Gasteiger partial charge is 0.508 e. The van der Waals surface area contributed by atoms with Crippen molar-refractivity contribution in [3.63, 3.8) is 0 Å². The lowest BCUT2D eigenvalue weighted by Crippen LogP contribution is -2.18. The number of unbranched alkanes of at least 4 members (excludes halogenated alkanes) is 1. The molecule has 0 bridgehead atoms. The number of rotatable bonds is 5. The van der Waals surface area contributed by atoms with Crippen LogP contribution in [0.5, 0.6) is 11.5 Å². The first-order valence-electron chi connectivity index (χ1n) is 9.48. The van der Waals surface area contributed by atoms with Crippen molar-refractivity contribution in [1.82, 2.24) is 0 Å². The molecule has 140 valence electrons. The Morgan fingerprint density at radius 1 is 0.760 bits per heavy atom. The standard InChI is InChI=1S/C17H20O2.C4H10.C2H6/c1-4-19-16-11-7-14(8-12-16)17(2,3)13-5-9-15(18)10-6-13;1-3-4-2;1-2/h5-12,18H,4H2,1-3H3;3-4H2,1-2H3;1-2H3. The Morgan fingerprint density at radius 3 is 1.52 bits per heavy atom. The molecule has 2 rings (SSSR count). The molecule has 0 aromatic heterocycles. The zero-order chi connectivity index (χ0) is 19.3. The van der Waals surface area contributed by atoms with Crippen LogP contribution in [0.2, 0.25) is 0 Å². The summed E-state index contributed by atoms with van der Waals surface area (Å²) in [6.07, 6.45) is 2.64. The minimum Gasteiger partial charge on any atom is -0.508 e. The van der Waals surface area contributed by atoms with Gasteiger partial charge in [0.2, 0.25) is 0 Å². The molecule has 0 aliphatic heterocycles. The second kappa shape index (κ2) is 12.4. The van der Waals surface area contributed by atoms with Gasteiger partial charge in [-0.05, 0) is 42.3 Å². The number of ether oxygens (including phenoxy) is 1. The molecular weight excluding hydrogens is 308 g/mol. The van der Waals surface area contributed by atoms with Crippen LogP contribution in [0.15, 0.2) is 48.5 Å². The van der Waals surface area contributed by atoms with Crippen molar-refractivity contribution in [1.29, 1.82) is 0 Å². The molecule has 2 aromatic rings. The summed E-state index contributed by atoms with van der Waals surface area (Å²) in [6.45, 7) is 15.4. The highest BCUT2D eigenvalue weighted by atomic mass is 16.5. The fourth-order valence-electron chi connectivity index (χ4n) is 2.18. The average molecular weight is 345 g/mol. The van der Waals surface area contributed by atoms with E-state index >= 15 is 0 Å². The second-order valence-electron chi connectivity index (χ2n) is 6.13. The van der Waals surface area contributed by atoms with Crippen LogP contribution in [0, 0.1) is 0 Å². The monoisotopic (exact) mass is 344 g/mol. The fourth-order valence-corrected chi connectivity index (χ4v) is 2.18. The lowest BCUT2D eigenvalue weighted by Gasteiger charge is -2.26. The molecule has 25 heavy (non-hydrogen) atoms. The third-order valence-electron chi connectivity index (χ3n) is 3.98. The molecule has 0 unspecified atom stereocenters. The van der Waals surface area contributed by atoms with E-state index in [1.165, 1.54) is 24.0 Å². The van der Waals surface area contributed by atoms with E-state index in [1.54, 1.807) is 12.1 Å². The van der Waals surface area contributed by atoms with E-state index in [0.717, 1.165) is 5.75 Å². The van der Waals surface area contributed by atoms with Gasteiger partial charge in [0, 0.05) is 5.41 Å². The maximum Gasteiger partial charge on any atom is 0.119 e. The Hall–Kier alpha value is -1.96. The van der Waals surface area contributed by atoms with E-state index in [0.29, 0.717) is 12.4 Å². The summed E-state index contributed by atoms with van der Waals surface area (Å²) >= 11 is 0. The highest BCUT2D eigenvalue weighted by molar-refractivity contribution is 5.41. The van der Waals surface area contributed by atoms with Gasteiger partial charge in [0.1, 0.15) is 11.5 Å². The van der Waals surface area contributed by atoms with Crippen LogP contribution in [0.1, 0.15) is 72.4 Å². The number of benzene rings is 2. The summed E-state index contributed by atoms with van der Waals surface area (Å²) in [5, 5.41) is 9.37. The van der Waals surface area contributed by atoms with Gasteiger partial charge in [-0.15, -0.1) is 0 Å². The molecule has 2 heteroatoms. The van der Waals surface area contributed by atoms with E-state index in [4.69, 9.17) is 4.74 Å². The van der Waals surface area contributed by atoms with Crippen LogP contribution >= 0.6 is 0 Å². The number of hydrogen-bond acceptors (Lipinski definition) is 2. The van der Waals surface area contributed by atoms with E-state index < -0.39 is 0 Å². The molecule has 0 atom stereocenters. The highest BCUT2D eigenvalue weighted by Gasteiger charge is 2.22. The number of phenols is 1. The van der Waals surface area contributed by atoms with E-state index in [-0.39, 0.29) is 5.41 Å². The van der Waals surface area contributed by atoms with Gasteiger partial charge in [0.25, 0.3) is 0 Å². The van der Waals surface area contributed by atoms with E-state index in [2.05, 4.69) is 39.8 Å². The maximum absolute atomic E-state index is 9.37. The average Bonchev–Trinajstić information content (AvgIpc) is 2.65. The van der Waals surface area contributed by atoms with Crippen molar-refractivity contribution >= 4 is 0 Å². The van der Waals surface area contributed by atoms with Gasteiger partial charge in [-0.25, -0.2) is 0 Å².